The van der Waals surface area contributed by atoms with Crippen molar-refractivity contribution in [2.24, 2.45) is 0 Å². The van der Waals surface area contributed by atoms with E-state index < -0.39 is 0 Å². The van der Waals surface area contributed by atoms with Crippen molar-refractivity contribution in [1.29, 1.82) is 0 Å². The smallest absolute Gasteiger partial charge is 0.247 e. The predicted octanol–water partition coefficient (Wildman–Crippen LogP) is 5.10. The molecule has 0 fully saturated rings. The first kappa shape index (κ1) is 18.6. The van der Waals surface area contributed by atoms with Crippen molar-refractivity contribution in [3.63, 3.8) is 0 Å². The zero-order valence-corrected chi connectivity index (χ0v) is 16.4. The number of halogens is 2. The van der Waals surface area contributed by atoms with Crippen LogP contribution in [0.5, 0.6) is 0 Å². The Bertz CT molecular complexity index is 1080. The second-order valence-corrected chi connectivity index (χ2v) is 7.23. The molecule has 0 bridgehead atoms. The Morgan fingerprint density at radius 1 is 0.964 bits per heavy atom. The predicted molar refractivity (Wildman–Crippen MR) is 105 cm³/mol. The zero-order valence-electron chi connectivity index (χ0n) is 14.8. The van der Waals surface area contributed by atoms with E-state index >= 15 is 0 Å². The quantitative estimate of drug-likeness (QED) is 0.408. The molecule has 4 rings (SSSR count). The molecule has 142 valence electrons. The van der Waals surface area contributed by atoms with Gasteiger partial charge in [-0.25, -0.2) is 4.39 Å². The summed E-state index contributed by atoms with van der Waals surface area (Å²) in [5, 5.41) is 18.1. The van der Waals surface area contributed by atoms with Crippen LogP contribution < -0.4 is 0 Å². The van der Waals surface area contributed by atoms with Crippen LogP contribution in [0.15, 0.2) is 58.1 Å². The van der Waals surface area contributed by atoms with Crippen LogP contribution in [-0.4, -0.2) is 25.0 Å². The first-order valence-corrected chi connectivity index (χ1v) is 9.90. The SMILES string of the molecule is CCn1c(SCc2nnc(-c3ccc(F)cc3)o2)nnc1-c1ccc(Cl)cc1. The van der Waals surface area contributed by atoms with Gasteiger partial charge in [0.2, 0.25) is 11.8 Å². The van der Waals surface area contributed by atoms with E-state index in [4.69, 9.17) is 16.0 Å². The molecule has 0 unspecified atom stereocenters. The molecule has 0 saturated carbocycles. The van der Waals surface area contributed by atoms with E-state index in [1.54, 1.807) is 12.1 Å². The van der Waals surface area contributed by atoms with Gasteiger partial charge in [0.05, 0.1) is 5.75 Å². The molecule has 0 amide bonds. The second-order valence-electron chi connectivity index (χ2n) is 5.85. The molecule has 2 aromatic carbocycles. The van der Waals surface area contributed by atoms with Gasteiger partial charge in [0.25, 0.3) is 0 Å². The molecular weight excluding hydrogens is 401 g/mol. The molecule has 0 aliphatic heterocycles. The molecule has 2 aromatic heterocycles. The Morgan fingerprint density at radius 2 is 1.68 bits per heavy atom. The molecule has 0 aliphatic rings. The highest BCUT2D eigenvalue weighted by Crippen LogP contribution is 2.27. The Kier molecular flexibility index (Phi) is 5.40. The molecule has 0 radical (unpaired) electrons. The lowest BCUT2D eigenvalue weighted by atomic mass is 10.2. The maximum absolute atomic E-state index is 13.0. The van der Waals surface area contributed by atoms with Gasteiger partial charge in [-0.2, -0.15) is 0 Å². The fraction of sp³-hybridized carbons (Fsp3) is 0.158. The maximum atomic E-state index is 13.0. The van der Waals surface area contributed by atoms with Gasteiger partial charge >= 0.3 is 0 Å². The molecule has 9 heteroatoms. The third-order valence-corrected chi connectivity index (χ3v) is 5.22. The molecule has 0 N–H and O–H groups in total. The number of aromatic nitrogens is 5. The summed E-state index contributed by atoms with van der Waals surface area (Å²) < 4.78 is 20.7. The van der Waals surface area contributed by atoms with Crippen molar-refractivity contribution in [2.45, 2.75) is 24.4 Å². The van der Waals surface area contributed by atoms with Crippen molar-refractivity contribution in [3.8, 4) is 22.8 Å². The van der Waals surface area contributed by atoms with Gasteiger partial charge in [-0.1, -0.05) is 23.4 Å². The molecule has 4 aromatic rings. The van der Waals surface area contributed by atoms with Gasteiger partial charge in [-0.3, -0.25) is 0 Å². The third-order valence-electron chi connectivity index (χ3n) is 4.02. The van der Waals surface area contributed by atoms with Crippen molar-refractivity contribution in [3.05, 3.63) is 65.3 Å². The fourth-order valence-corrected chi connectivity index (χ4v) is 3.61. The lowest BCUT2D eigenvalue weighted by Crippen LogP contribution is -1.99. The monoisotopic (exact) mass is 415 g/mol. The molecular formula is C19H15ClFN5OS. The van der Waals surface area contributed by atoms with Crippen molar-refractivity contribution >= 4 is 23.4 Å². The van der Waals surface area contributed by atoms with Crippen LogP contribution in [0.2, 0.25) is 5.02 Å². The van der Waals surface area contributed by atoms with E-state index in [0.29, 0.717) is 28.1 Å². The summed E-state index contributed by atoms with van der Waals surface area (Å²) in [6.07, 6.45) is 0. The number of rotatable bonds is 6. The Hall–Kier alpha value is -2.71. The minimum absolute atomic E-state index is 0.311. The van der Waals surface area contributed by atoms with Crippen LogP contribution in [-0.2, 0) is 12.3 Å². The van der Waals surface area contributed by atoms with Gasteiger partial charge in [-0.15, -0.1) is 20.4 Å². The van der Waals surface area contributed by atoms with Gasteiger partial charge in [0.1, 0.15) is 5.82 Å². The van der Waals surface area contributed by atoms with Crippen LogP contribution in [0.3, 0.4) is 0 Å². The molecule has 0 aliphatic carbocycles. The lowest BCUT2D eigenvalue weighted by molar-refractivity contribution is 0.528. The van der Waals surface area contributed by atoms with Crippen LogP contribution in [0, 0.1) is 5.82 Å². The third kappa shape index (κ3) is 3.93. The molecule has 0 spiro atoms. The standard InChI is InChI=1S/C19H15ClFN5OS/c1-2-26-17(12-3-7-14(20)8-4-12)23-25-19(26)28-11-16-22-24-18(27-16)13-5-9-15(21)10-6-13/h3-10H,2,11H2,1H3. The van der Waals surface area contributed by atoms with E-state index in [9.17, 15) is 4.39 Å². The van der Waals surface area contributed by atoms with Gasteiger partial charge in [0, 0.05) is 22.7 Å². The van der Waals surface area contributed by atoms with Crippen LogP contribution >= 0.6 is 23.4 Å². The number of hydrogen-bond acceptors (Lipinski definition) is 6. The summed E-state index contributed by atoms with van der Waals surface area (Å²) >= 11 is 7.42. The summed E-state index contributed by atoms with van der Waals surface area (Å²) in [7, 11) is 0. The van der Waals surface area contributed by atoms with Crippen molar-refractivity contribution in [2.75, 3.05) is 0 Å². The van der Waals surface area contributed by atoms with E-state index in [-0.39, 0.29) is 5.82 Å². The summed E-state index contributed by atoms with van der Waals surface area (Å²) in [4.78, 5) is 0. The van der Waals surface area contributed by atoms with Gasteiger partial charge < -0.3 is 8.98 Å². The van der Waals surface area contributed by atoms with E-state index in [1.165, 1.54) is 23.9 Å². The van der Waals surface area contributed by atoms with Crippen molar-refractivity contribution in [1.82, 2.24) is 25.0 Å². The van der Waals surface area contributed by atoms with Gasteiger partial charge in [0.15, 0.2) is 11.0 Å². The van der Waals surface area contributed by atoms with Crippen LogP contribution in [0.25, 0.3) is 22.8 Å². The molecule has 2 heterocycles. The summed E-state index contributed by atoms with van der Waals surface area (Å²) in [6.45, 7) is 2.75. The average molecular weight is 416 g/mol. The normalized spacial score (nSPS) is 11.1. The van der Waals surface area contributed by atoms with E-state index in [0.717, 1.165) is 23.1 Å². The highest BCUT2D eigenvalue weighted by atomic mass is 35.5. The topological polar surface area (TPSA) is 69.6 Å². The van der Waals surface area contributed by atoms with Crippen LogP contribution in [0.1, 0.15) is 12.8 Å². The minimum atomic E-state index is -0.311. The Morgan fingerprint density at radius 3 is 2.39 bits per heavy atom. The molecule has 6 nitrogen and oxygen atoms in total. The largest absolute Gasteiger partial charge is 0.420 e. The van der Waals surface area contributed by atoms with Gasteiger partial charge in [-0.05, 0) is 55.5 Å². The average Bonchev–Trinajstić information content (AvgIpc) is 3.34. The first-order chi connectivity index (χ1) is 13.6. The summed E-state index contributed by atoms with van der Waals surface area (Å²) in [6, 6.07) is 13.4. The summed E-state index contributed by atoms with van der Waals surface area (Å²) in [5.74, 6) is 1.73. The number of nitrogens with zero attached hydrogens (tertiary/aromatic N) is 5. The van der Waals surface area contributed by atoms with E-state index in [2.05, 4.69) is 20.4 Å². The summed E-state index contributed by atoms with van der Waals surface area (Å²) in [5.41, 5.74) is 1.62. The molecule has 28 heavy (non-hydrogen) atoms. The van der Waals surface area contributed by atoms with Crippen LogP contribution in [0.4, 0.5) is 4.39 Å². The maximum Gasteiger partial charge on any atom is 0.247 e. The Labute approximate surface area is 169 Å². The number of benzene rings is 2. The number of hydrogen-bond donors (Lipinski definition) is 0. The highest BCUT2D eigenvalue weighted by Gasteiger charge is 2.15. The molecule has 0 atom stereocenters. The highest BCUT2D eigenvalue weighted by molar-refractivity contribution is 7.98. The fourth-order valence-electron chi connectivity index (χ4n) is 2.64. The first-order valence-electron chi connectivity index (χ1n) is 8.54. The van der Waals surface area contributed by atoms with Crippen molar-refractivity contribution < 1.29 is 8.81 Å². The second kappa shape index (κ2) is 8.12. The zero-order chi connectivity index (χ0) is 19.5. The van der Waals surface area contributed by atoms with E-state index in [1.807, 2.05) is 35.8 Å². The molecule has 0 saturated heterocycles. The lowest BCUT2D eigenvalue weighted by Gasteiger charge is -2.06. The Balaban J connectivity index is 1.49. The number of thioether (sulfide) groups is 1. The minimum Gasteiger partial charge on any atom is -0.420 e.